The van der Waals surface area contributed by atoms with Gasteiger partial charge >= 0.3 is 0 Å². The summed E-state index contributed by atoms with van der Waals surface area (Å²) in [5.41, 5.74) is 6.90. The molecule has 0 aromatic heterocycles. The fraction of sp³-hybridized carbons (Fsp3) is 0.311. The SMILES string of the molecule is O[C@@H]1[C@H](OCc2ccccc2)[C@H](OCc2ccccc2)[C@@H](OCc2ccccc2)[C@H](OCc2ccccc2)[C@H]1O[C@@H]1C[C@@H](OCc2ccccc2)[C@H](OCc2ccccc2)[C@@H](COCc2ccccc2)O1. The Morgan fingerprint density at radius 3 is 1.01 bits per heavy atom. The summed E-state index contributed by atoms with van der Waals surface area (Å²) < 4.78 is 62.0. The van der Waals surface area contributed by atoms with Crippen molar-refractivity contribution in [2.75, 3.05) is 6.61 Å². The lowest BCUT2D eigenvalue weighted by molar-refractivity contribution is -0.334. The second-order valence-corrected chi connectivity index (χ2v) is 18.1. The third-order valence-electron chi connectivity index (χ3n) is 12.9. The standard InChI is InChI=1S/C61H64O10/c62-55-57(66-40-48-28-14-4-15-29-48)59(67-41-49-30-16-5-17-31-49)61(69-43-51-34-20-7-21-35-51)60(68-42-50-32-18-6-19-33-50)58(55)71-54-36-52(64-38-46-24-10-2-11-25-46)56(65-39-47-26-12-3-13-27-47)53(70-54)44-63-37-45-22-8-1-9-23-45/h1-35,52-62H,36-44H2/t52-,53-,54-,55-,56+,57+,58+,59+,60-,61-/m1/s1. The first-order chi connectivity index (χ1) is 35.1. The highest BCUT2D eigenvalue weighted by Gasteiger charge is 2.55. The van der Waals surface area contributed by atoms with E-state index < -0.39 is 61.2 Å². The summed E-state index contributed by atoms with van der Waals surface area (Å²) in [5, 5.41) is 13.0. The highest BCUT2D eigenvalue weighted by molar-refractivity contribution is 5.19. The molecule has 1 saturated heterocycles. The summed E-state index contributed by atoms with van der Waals surface area (Å²) in [6.07, 6.45) is -8.04. The van der Waals surface area contributed by atoms with Gasteiger partial charge in [0, 0.05) is 6.42 Å². The monoisotopic (exact) mass is 956 g/mol. The highest BCUT2D eigenvalue weighted by Crippen LogP contribution is 2.37. The number of hydrogen-bond donors (Lipinski definition) is 1. The van der Waals surface area contributed by atoms with Gasteiger partial charge in [-0.3, -0.25) is 0 Å². The summed E-state index contributed by atoms with van der Waals surface area (Å²) in [4.78, 5) is 0. The highest BCUT2D eigenvalue weighted by atomic mass is 16.7. The maximum absolute atomic E-state index is 13.0. The minimum atomic E-state index is -1.27. The lowest BCUT2D eigenvalue weighted by atomic mass is 9.83. The molecule has 0 amide bonds. The van der Waals surface area contributed by atoms with Gasteiger partial charge in [-0.15, -0.1) is 0 Å². The molecule has 9 rings (SSSR count). The van der Waals surface area contributed by atoms with Crippen LogP contribution in [0.25, 0.3) is 0 Å². The molecule has 0 radical (unpaired) electrons. The summed E-state index contributed by atoms with van der Waals surface area (Å²) in [5.74, 6) is 0. The van der Waals surface area contributed by atoms with Gasteiger partial charge in [0.2, 0.25) is 0 Å². The quantitative estimate of drug-likeness (QED) is 0.0630. The van der Waals surface area contributed by atoms with E-state index in [1.165, 1.54) is 0 Å². The van der Waals surface area contributed by atoms with E-state index >= 15 is 0 Å². The largest absolute Gasteiger partial charge is 0.387 e. The zero-order valence-electron chi connectivity index (χ0n) is 40.0. The van der Waals surface area contributed by atoms with Gasteiger partial charge in [0.05, 0.1) is 59.0 Å². The maximum atomic E-state index is 13.0. The van der Waals surface area contributed by atoms with Crippen molar-refractivity contribution in [1.29, 1.82) is 0 Å². The molecular formula is C61H64O10. The summed E-state index contributed by atoms with van der Waals surface area (Å²) in [6.45, 7) is 2.13. The van der Waals surface area contributed by atoms with Gasteiger partial charge in [0.15, 0.2) is 6.29 Å². The number of rotatable bonds is 24. The zero-order chi connectivity index (χ0) is 48.3. The number of ether oxygens (including phenoxy) is 9. The van der Waals surface area contributed by atoms with Crippen molar-refractivity contribution in [3.63, 3.8) is 0 Å². The fourth-order valence-electron chi connectivity index (χ4n) is 9.20. The van der Waals surface area contributed by atoms with Crippen molar-refractivity contribution in [1.82, 2.24) is 0 Å². The van der Waals surface area contributed by atoms with Crippen LogP contribution in [0.3, 0.4) is 0 Å². The van der Waals surface area contributed by atoms with Crippen molar-refractivity contribution >= 4 is 0 Å². The Balaban J connectivity index is 1.06. The molecule has 10 atom stereocenters. The second kappa shape index (κ2) is 26.5. The molecular weight excluding hydrogens is 893 g/mol. The molecule has 0 unspecified atom stereocenters. The molecule has 2 fully saturated rings. The van der Waals surface area contributed by atoms with Crippen LogP contribution in [0.1, 0.15) is 45.4 Å². The van der Waals surface area contributed by atoms with Gasteiger partial charge in [0.25, 0.3) is 0 Å². The van der Waals surface area contributed by atoms with Crippen LogP contribution in [0.5, 0.6) is 0 Å². The van der Waals surface area contributed by atoms with Gasteiger partial charge in [-0.1, -0.05) is 212 Å². The van der Waals surface area contributed by atoms with Crippen molar-refractivity contribution in [3.05, 3.63) is 251 Å². The van der Waals surface area contributed by atoms with Gasteiger partial charge in [-0.2, -0.15) is 0 Å². The molecule has 368 valence electrons. The van der Waals surface area contributed by atoms with Crippen LogP contribution in [0.15, 0.2) is 212 Å². The molecule has 1 saturated carbocycles. The molecule has 2 aliphatic rings. The van der Waals surface area contributed by atoms with Crippen LogP contribution in [0.4, 0.5) is 0 Å². The lowest BCUT2D eigenvalue weighted by Gasteiger charge is -2.50. The second-order valence-electron chi connectivity index (χ2n) is 18.1. The zero-order valence-corrected chi connectivity index (χ0v) is 40.0. The van der Waals surface area contributed by atoms with Crippen LogP contribution < -0.4 is 0 Å². The summed E-state index contributed by atoms with van der Waals surface area (Å²) in [6, 6.07) is 70.0. The molecule has 71 heavy (non-hydrogen) atoms. The van der Waals surface area contributed by atoms with E-state index in [1.807, 2.05) is 212 Å². The average molecular weight is 957 g/mol. The normalized spacial score (nSPS) is 24.4. The van der Waals surface area contributed by atoms with E-state index in [1.54, 1.807) is 0 Å². The van der Waals surface area contributed by atoms with Crippen molar-refractivity contribution in [3.8, 4) is 0 Å². The Kier molecular flexibility index (Phi) is 18.7. The van der Waals surface area contributed by atoms with Gasteiger partial charge in [-0.25, -0.2) is 0 Å². The molecule has 1 heterocycles. The predicted octanol–water partition coefficient (Wildman–Crippen LogP) is 10.6. The third-order valence-corrected chi connectivity index (χ3v) is 12.9. The minimum Gasteiger partial charge on any atom is -0.387 e. The Labute approximate surface area is 418 Å². The summed E-state index contributed by atoms with van der Waals surface area (Å²) >= 11 is 0. The fourth-order valence-corrected chi connectivity index (χ4v) is 9.20. The Hall–Kier alpha value is -5.86. The van der Waals surface area contributed by atoms with E-state index in [0.717, 1.165) is 38.9 Å². The van der Waals surface area contributed by atoms with Crippen LogP contribution in [-0.2, 0) is 88.9 Å². The van der Waals surface area contributed by atoms with E-state index in [-0.39, 0.29) is 39.5 Å². The lowest BCUT2D eigenvalue weighted by Crippen LogP contribution is -2.67. The van der Waals surface area contributed by atoms with Crippen LogP contribution in [0.2, 0.25) is 0 Å². The molecule has 1 aliphatic heterocycles. The number of benzene rings is 7. The van der Waals surface area contributed by atoms with Crippen molar-refractivity contribution < 1.29 is 47.7 Å². The maximum Gasteiger partial charge on any atom is 0.161 e. The molecule has 7 aromatic rings. The van der Waals surface area contributed by atoms with Crippen molar-refractivity contribution in [2.45, 2.75) is 114 Å². The topological polar surface area (TPSA) is 103 Å². The Bertz CT molecular complexity index is 2530. The first kappa shape index (κ1) is 50.1. The smallest absolute Gasteiger partial charge is 0.161 e. The van der Waals surface area contributed by atoms with Crippen LogP contribution >= 0.6 is 0 Å². The van der Waals surface area contributed by atoms with E-state index in [2.05, 4.69) is 0 Å². The number of aliphatic hydroxyl groups is 1. The molecule has 7 aromatic carbocycles. The van der Waals surface area contributed by atoms with E-state index in [4.69, 9.17) is 42.6 Å². The number of hydrogen-bond acceptors (Lipinski definition) is 10. The molecule has 0 bridgehead atoms. The van der Waals surface area contributed by atoms with Gasteiger partial charge in [0.1, 0.15) is 48.8 Å². The van der Waals surface area contributed by atoms with Gasteiger partial charge < -0.3 is 47.7 Å². The van der Waals surface area contributed by atoms with E-state index in [9.17, 15) is 5.11 Å². The first-order valence-electron chi connectivity index (χ1n) is 24.7. The van der Waals surface area contributed by atoms with Crippen molar-refractivity contribution in [2.24, 2.45) is 0 Å². The predicted molar refractivity (Wildman–Crippen MR) is 270 cm³/mol. The number of aliphatic hydroxyl groups excluding tert-OH is 1. The Morgan fingerprint density at radius 1 is 0.338 bits per heavy atom. The average Bonchev–Trinajstić information content (AvgIpc) is 3.43. The molecule has 10 nitrogen and oxygen atoms in total. The molecule has 10 heteroatoms. The van der Waals surface area contributed by atoms with Crippen LogP contribution in [-0.4, -0.2) is 72.9 Å². The minimum absolute atomic E-state index is 0.182. The molecule has 1 N–H and O–H groups in total. The summed E-state index contributed by atoms with van der Waals surface area (Å²) in [7, 11) is 0. The first-order valence-corrected chi connectivity index (χ1v) is 24.7. The Morgan fingerprint density at radius 2 is 0.634 bits per heavy atom. The van der Waals surface area contributed by atoms with Crippen LogP contribution in [0, 0.1) is 0 Å². The van der Waals surface area contributed by atoms with Gasteiger partial charge in [-0.05, 0) is 38.9 Å². The molecule has 1 aliphatic carbocycles. The third kappa shape index (κ3) is 14.6. The van der Waals surface area contributed by atoms with E-state index in [0.29, 0.717) is 19.8 Å². The molecule has 0 spiro atoms.